The molecule has 0 aliphatic heterocycles. The normalized spacial score (nSPS) is 15.1. The topological polar surface area (TPSA) is 47.7 Å². The number of aromatic nitrogens is 4. The van der Waals surface area contributed by atoms with Crippen LogP contribution >= 0.6 is 0 Å². The lowest BCUT2D eigenvalue weighted by molar-refractivity contribution is 0.0665. The van der Waals surface area contributed by atoms with Gasteiger partial charge in [0.15, 0.2) is 0 Å². The molecule has 0 atom stereocenters. The van der Waals surface area contributed by atoms with Crippen LogP contribution in [0.3, 0.4) is 0 Å². The van der Waals surface area contributed by atoms with Crippen molar-refractivity contribution in [3.05, 3.63) is 35.2 Å². The van der Waals surface area contributed by atoms with Crippen LogP contribution in [0.25, 0.3) is 0 Å². The number of alkyl halides is 2. The third kappa shape index (κ3) is 2.97. The van der Waals surface area contributed by atoms with E-state index in [0.29, 0.717) is 11.9 Å². The Morgan fingerprint density at radius 3 is 2.81 bits per heavy atom. The van der Waals surface area contributed by atoms with E-state index in [4.69, 9.17) is 0 Å². The third-order valence-corrected chi connectivity index (χ3v) is 3.93. The Morgan fingerprint density at radius 2 is 2.14 bits per heavy atom. The molecule has 1 aliphatic rings. The molecule has 0 saturated heterocycles. The second-order valence-corrected chi connectivity index (χ2v) is 5.49. The van der Waals surface area contributed by atoms with Crippen molar-refractivity contribution in [2.45, 2.75) is 52.4 Å². The number of rotatable bonds is 6. The third-order valence-electron chi connectivity index (χ3n) is 3.93. The number of nitrogens with zero attached hydrogens (tertiary/aromatic N) is 4. The van der Waals surface area contributed by atoms with E-state index in [9.17, 15) is 8.78 Å². The number of nitrogens with one attached hydrogen (secondary N) is 1. The van der Waals surface area contributed by atoms with Gasteiger partial charge in [-0.25, -0.2) is 4.98 Å². The molecule has 0 aromatic carbocycles. The van der Waals surface area contributed by atoms with Crippen molar-refractivity contribution in [2.24, 2.45) is 0 Å². The van der Waals surface area contributed by atoms with Crippen LogP contribution in [0.15, 0.2) is 12.4 Å². The Bertz CT molecular complexity index is 627. The van der Waals surface area contributed by atoms with Gasteiger partial charge in [-0.15, -0.1) is 0 Å². The monoisotopic (exact) mass is 295 g/mol. The summed E-state index contributed by atoms with van der Waals surface area (Å²) < 4.78 is 28.3. The highest BCUT2D eigenvalue weighted by atomic mass is 19.3. The van der Waals surface area contributed by atoms with E-state index >= 15 is 0 Å². The summed E-state index contributed by atoms with van der Waals surface area (Å²) >= 11 is 0. The van der Waals surface area contributed by atoms with Crippen LogP contribution in [0.5, 0.6) is 0 Å². The predicted molar refractivity (Wildman–Crippen MR) is 74.1 cm³/mol. The van der Waals surface area contributed by atoms with Gasteiger partial charge >= 0.3 is 6.55 Å². The first kappa shape index (κ1) is 14.2. The molecular formula is C14H19F2N5. The molecule has 1 fully saturated rings. The smallest absolute Gasteiger partial charge is 0.310 e. The number of halogens is 2. The zero-order valence-corrected chi connectivity index (χ0v) is 12.2. The lowest BCUT2D eigenvalue weighted by atomic mass is 10.2. The van der Waals surface area contributed by atoms with E-state index in [-0.39, 0.29) is 6.54 Å². The summed E-state index contributed by atoms with van der Waals surface area (Å²) in [5.41, 5.74) is 3.09. The number of hydrogen-bond donors (Lipinski definition) is 1. The van der Waals surface area contributed by atoms with Crippen molar-refractivity contribution in [1.29, 1.82) is 0 Å². The number of aryl methyl sites for hydroxylation is 1. The van der Waals surface area contributed by atoms with Crippen molar-refractivity contribution >= 4 is 0 Å². The first-order chi connectivity index (χ1) is 10.1. The summed E-state index contributed by atoms with van der Waals surface area (Å²) in [5, 5.41) is 7.92. The summed E-state index contributed by atoms with van der Waals surface area (Å²) in [5.74, 6) is 0.317. The van der Waals surface area contributed by atoms with Gasteiger partial charge in [0.2, 0.25) is 0 Å². The van der Waals surface area contributed by atoms with E-state index in [1.54, 1.807) is 4.68 Å². The van der Waals surface area contributed by atoms with Crippen LogP contribution in [0.2, 0.25) is 0 Å². The maximum atomic E-state index is 12.8. The molecule has 21 heavy (non-hydrogen) atoms. The standard InChI is InChI=1S/C14H19F2N5/c1-9-12(7-18-11-3-4-11)10(2)21(19-9)8-13-17-5-6-20(13)14(15)16/h5-6,11,14,18H,3-4,7-8H2,1-2H3. The van der Waals surface area contributed by atoms with Crippen molar-refractivity contribution in [2.75, 3.05) is 0 Å². The van der Waals surface area contributed by atoms with Gasteiger partial charge < -0.3 is 5.32 Å². The second-order valence-electron chi connectivity index (χ2n) is 5.49. The first-order valence-corrected chi connectivity index (χ1v) is 7.12. The minimum absolute atomic E-state index is 0.257. The van der Waals surface area contributed by atoms with E-state index in [0.717, 1.165) is 28.1 Å². The molecule has 5 nitrogen and oxygen atoms in total. The Labute approximate surface area is 122 Å². The molecule has 0 radical (unpaired) electrons. The lowest BCUT2D eigenvalue weighted by Crippen LogP contribution is -2.16. The first-order valence-electron chi connectivity index (χ1n) is 7.12. The Balaban J connectivity index is 1.78. The molecule has 0 spiro atoms. The fourth-order valence-corrected chi connectivity index (χ4v) is 2.46. The maximum absolute atomic E-state index is 12.8. The van der Waals surface area contributed by atoms with Gasteiger partial charge in [0.05, 0.1) is 12.2 Å². The van der Waals surface area contributed by atoms with Gasteiger partial charge in [-0.05, 0) is 26.7 Å². The van der Waals surface area contributed by atoms with Gasteiger partial charge in [0.1, 0.15) is 5.82 Å². The molecule has 1 aliphatic carbocycles. The minimum atomic E-state index is -2.57. The molecule has 0 bridgehead atoms. The molecule has 114 valence electrons. The fourth-order valence-electron chi connectivity index (χ4n) is 2.46. The van der Waals surface area contributed by atoms with Crippen molar-refractivity contribution < 1.29 is 8.78 Å². The maximum Gasteiger partial charge on any atom is 0.319 e. The molecule has 0 unspecified atom stereocenters. The molecule has 1 saturated carbocycles. The SMILES string of the molecule is Cc1nn(Cc2nccn2C(F)F)c(C)c1CNC1CC1. The van der Waals surface area contributed by atoms with Gasteiger partial charge in [0.25, 0.3) is 0 Å². The van der Waals surface area contributed by atoms with Crippen molar-refractivity contribution in [3.63, 3.8) is 0 Å². The highest BCUT2D eigenvalue weighted by Crippen LogP contribution is 2.21. The van der Waals surface area contributed by atoms with Crippen LogP contribution in [0.4, 0.5) is 8.78 Å². The molecule has 2 heterocycles. The van der Waals surface area contributed by atoms with E-state index < -0.39 is 6.55 Å². The second kappa shape index (κ2) is 5.55. The highest BCUT2D eigenvalue weighted by Gasteiger charge is 2.22. The fraction of sp³-hybridized carbons (Fsp3) is 0.571. The van der Waals surface area contributed by atoms with Crippen LogP contribution in [-0.2, 0) is 13.1 Å². The average molecular weight is 295 g/mol. The summed E-state index contributed by atoms with van der Waals surface area (Å²) in [6, 6.07) is 0.630. The van der Waals surface area contributed by atoms with Crippen LogP contribution in [0, 0.1) is 13.8 Å². The largest absolute Gasteiger partial charge is 0.319 e. The van der Waals surface area contributed by atoms with Gasteiger partial charge in [-0.3, -0.25) is 9.25 Å². The zero-order chi connectivity index (χ0) is 15.0. The molecular weight excluding hydrogens is 276 g/mol. The predicted octanol–water partition coefficient (Wildman–Crippen LogP) is 2.39. The summed E-state index contributed by atoms with van der Waals surface area (Å²) in [6.45, 7) is 2.39. The van der Waals surface area contributed by atoms with Crippen LogP contribution in [0.1, 0.15) is 42.2 Å². The summed E-state index contributed by atoms with van der Waals surface area (Å²) in [7, 11) is 0. The van der Waals surface area contributed by atoms with E-state index in [2.05, 4.69) is 15.4 Å². The summed E-state index contributed by atoms with van der Waals surface area (Å²) in [6.07, 6.45) is 5.15. The van der Waals surface area contributed by atoms with Crippen molar-refractivity contribution in [1.82, 2.24) is 24.6 Å². The molecule has 3 rings (SSSR count). The van der Waals surface area contributed by atoms with Gasteiger partial charge in [0, 0.05) is 36.2 Å². The Kier molecular flexibility index (Phi) is 3.75. The van der Waals surface area contributed by atoms with E-state index in [1.165, 1.54) is 25.2 Å². The van der Waals surface area contributed by atoms with Crippen LogP contribution in [-0.4, -0.2) is 25.4 Å². The molecule has 7 heteroatoms. The zero-order valence-electron chi connectivity index (χ0n) is 12.2. The quantitative estimate of drug-likeness (QED) is 0.890. The lowest BCUT2D eigenvalue weighted by Gasteiger charge is -2.08. The Hall–Kier alpha value is -1.76. The molecule has 1 N–H and O–H groups in total. The molecule has 0 amide bonds. The number of hydrogen-bond acceptors (Lipinski definition) is 3. The highest BCUT2D eigenvalue weighted by molar-refractivity contribution is 5.25. The Morgan fingerprint density at radius 1 is 1.38 bits per heavy atom. The van der Waals surface area contributed by atoms with Crippen LogP contribution < -0.4 is 5.32 Å². The minimum Gasteiger partial charge on any atom is -0.310 e. The average Bonchev–Trinajstić information content (AvgIpc) is 3.07. The molecule has 2 aromatic heterocycles. The van der Waals surface area contributed by atoms with E-state index in [1.807, 2.05) is 13.8 Å². The summed E-state index contributed by atoms with van der Waals surface area (Å²) in [4.78, 5) is 4.00. The van der Waals surface area contributed by atoms with Gasteiger partial charge in [-0.2, -0.15) is 13.9 Å². The van der Waals surface area contributed by atoms with Gasteiger partial charge in [-0.1, -0.05) is 0 Å². The van der Waals surface area contributed by atoms with Crippen molar-refractivity contribution in [3.8, 4) is 0 Å². The number of imidazole rings is 1. The molecule has 2 aromatic rings.